The average Bonchev–Trinajstić information content (AvgIpc) is 3.11. The lowest BCUT2D eigenvalue weighted by Gasteiger charge is -2.30. The molecule has 8 nitrogen and oxygen atoms in total. The number of H-pyrrole nitrogens is 1. The Morgan fingerprint density at radius 2 is 1.93 bits per heavy atom. The Labute approximate surface area is 257 Å². The molecule has 12 heteroatoms. The van der Waals surface area contributed by atoms with Gasteiger partial charge >= 0.3 is 6.18 Å². The number of ether oxygens (including phenoxy) is 2. The van der Waals surface area contributed by atoms with Crippen LogP contribution in [0.5, 0.6) is 0 Å². The summed E-state index contributed by atoms with van der Waals surface area (Å²) in [5.74, 6) is 1.34. The highest BCUT2D eigenvalue weighted by molar-refractivity contribution is 5.86. The summed E-state index contributed by atoms with van der Waals surface area (Å²) < 4.78 is 62.4. The third kappa shape index (κ3) is 14.6. The predicted octanol–water partition coefficient (Wildman–Crippen LogP) is 6.20. The summed E-state index contributed by atoms with van der Waals surface area (Å²) in [6.45, 7) is 7.19. The van der Waals surface area contributed by atoms with E-state index in [0.717, 1.165) is 19.4 Å². The Balaban J connectivity index is 0.000000760. The highest BCUT2D eigenvalue weighted by Crippen LogP contribution is 2.38. The first-order valence-corrected chi connectivity index (χ1v) is 14.4. The van der Waals surface area contributed by atoms with Gasteiger partial charge in [-0.2, -0.15) is 13.2 Å². The third-order valence-electron chi connectivity index (χ3n) is 6.62. The van der Waals surface area contributed by atoms with E-state index in [1.165, 1.54) is 19.4 Å². The van der Waals surface area contributed by atoms with Crippen molar-refractivity contribution in [1.29, 1.82) is 0 Å². The van der Waals surface area contributed by atoms with Crippen LogP contribution in [0.1, 0.15) is 76.8 Å². The number of alkyl halides is 4. The van der Waals surface area contributed by atoms with Gasteiger partial charge in [0, 0.05) is 24.6 Å². The van der Waals surface area contributed by atoms with Crippen molar-refractivity contribution in [3.05, 3.63) is 69.5 Å². The number of terminal acetylenes is 1. The number of carbonyl (C=O) groups is 1. The number of nitrogens with two attached hydrogens (primary N) is 1. The van der Waals surface area contributed by atoms with Crippen LogP contribution < -0.4 is 16.6 Å². The number of methoxy groups -OCH3 is 1. The highest BCUT2D eigenvalue weighted by Gasteiger charge is 2.38. The van der Waals surface area contributed by atoms with Crippen LogP contribution in [-0.2, 0) is 19.9 Å². The van der Waals surface area contributed by atoms with Crippen LogP contribution in [0.15, 0.2) is 57.8 Å². The molecule has 0 saturated heterocycles. The standard InChI is InChI=1S/C15H22F3N3O.C15H20FNO.C2H4O2/c1-20-10-6-5-9-13-12(21-14(19)15(16,17)18)8-4-2-3-7-11-22-13;1-5-8-15(16,11(4)6-2)13-9-12(7-3)10-17-14(13)18;1-4-2-3/h2-4,7,20H,5-6,8-11H2,1H3,(H2,19,21);3,9-11H,5-6,8H2,1-2,4H3,(H,17,18);2H,1H3/b4-2-,7-3-,13-12+;;/t;11?,15-;/m.1./s1. The molecule has 1 aromatic rings. The average molecular weight is 627 g/mol. The van der Waals surface area contributed by atoms with E-state index in [9.17, 15) is 18.0 Å². The van der Waals surface area contributed by atoms with E-state index in [4.69, 9.17) is 21.7 Å². The number of aromatic amines is 1. The van der Waals surface area contributed by atoms with Crippen molar-refractivity contribution in [2.24, 2.45) is 16.6 Å². The number of carbonyl (C=O) groups excluding carboxylic acids is 1. The minimum absolute atomic E-state index is 0.161. The van der Waals surface area contributed by atoms with Crippen LogP contribution in [0, 0.1) is 18.3 Å². The minimum Gasteiger partial charge on any atom is -0.492 e. The number of allylic oxidation sites excluding steroid dienone is 4. The Morgan fingerprint density at radius 3 is 2.48 bits per heavy atom. The molecule has 1 aromatic heterocycles. The van der Waals surface area contributed by atoms with Gasteiger partial charge in [0.2, 0.25) is 5.84 Å². The van der Waals surface area contributed by atoms with E-state index in [0.29, 0.717) is 50.1 Å². The molecule has 0 spiro atoms. The number of halogens is 4. The quantitative estimate of drug-likeness (QED) is 0.0636. The van der Waals surface area contributed by atoms with Gasteiger partial charge < -0.3 is 25.5 Å². The number of amidine groups is 1. The van der Waals surface area contributed by atoms with Gasteiger partial charge in [-0.25, -0.2) is 9.38 Å². The molecule has 0 amide bonds. The first-order chi connectivity index (χ1) is 20.9. The topological polar surface area (TPSA) is 119 Å². The van der Waals surface area contributed by atoms with Crippen LogP contribution in [0.4, 0.5) is 17.6 Å². The number of aliphatic imine (C=N–C) groups is 1. The van der Waals surface area contributed by atoms with Gasteiger partial charge in [0.1, 0.15) is 18.0 Å². The number of nitrogens with zero attached hydrogens (tertiary/aromatic N) is 1. The van der Waals surface area contributed by atoms with Crippen molar-refractivity contribution < 1.29 is 31.8 Å². The van der Waals surface area contributed by atoms with E-state index in [2.05, 4.69) is 26.0 Å². The molecule has 1 aliphatic heterocycles. The first-order valence-electron chi connectivity index (χ1n) is 14.4. The summed E-state index contributed by atoms with van der Waals surface area (Å²) in [6, 6.07) is 1.50. The summed E-state index contributed by atoms with van der Waals surface area (Å²) in [7, 11) is 3.16. The maximum absolute atomic E-state index is 15.2. The second kappa shape index (κ2) is 21.8. The Kier molecular flexibility index (Phi) is 19.9. The summed E-state index contributed by atoms with van der Waals surface area (Å²) in [5, 5.41) is 3.03. The van der Waals surface area contributed by atoms with Gasteiger partial charge in [-0.3, -0.25) is 9.59 Å². The van der Waals surface area contributed by atoms with Crippen LogP contribution in [-0.4, -0.2) is 50.8 Å². The fourth-order valence-electron chi connectivity index (χ4n) is 4.07. The van der Waals surface area contributed by atoms with E-state index in [1.54, 1.807) is 24.3 Å². The number of hydrogen-bond donors (Lipinski definition) is 3. The van der Waals surface area contributed by atoms with E-state index in [1.807, 2.05) is 27.8 Å². The van der Waals surface area contributed by atoms with Crippen molar-refractivity contribution in [3.8, 4) is 12.3 Å². The number of pyridine rings is 1. The van der Waals surface area contributed by atoms with Gasteiger partial charge in [-0.05, 0) is 50.9 Å². The zero-order valence-corrected chi connectivity index (χ0v) is 26.2. The second-order valence-electron chi connectivity index (χ2n) is 9.83. The van der Waals surface area contributed by atoms with Crippen LogP contribution in [0.2, 0.25) is 0 Å². The lowest BCUT2D eigenvalue weighted by Crippen LogP contribution is -2.34. The zero-order chi connectivity index (χ0) is 33.6. The predicted molar refractivity (Wildman–Crippen MR) is 167 cm³/mol. The molecule has 1 aliphatic rings. The van der Waals surface area contributed by atoms with Crippen LogP contribution in [0.25, 0.3) is 0 Å². The van der Waals surface area contributed by atoms with Gasteiger partial charge in [-0.1, -0.05) is 57.8 Å². The van der Waals surface area contributed by atoms with Gasteiger partial charge in [0.05, 0.1) is 18.4 Å². The lowest BCUT2D eigenvalue weighted by molar-refractivity contribution is -0.126. The number of hydrogen-bond acceptors (Lipinski definition) is 6. The number of nitrogens with one attached hydrogen (secondary N) is 2. The van der Waals surface area contributed by atoms with Crippen molar-refractivity contribution in [3.63, 3.8) is 0 Å². The maximum atomic E-state index is 15.2. The molecule has 2 atom stereocenters. The van der Waals surface area contributed by atoms with Crippen molar-refractivity contribution >= 4 is 12.3 Å². The molecule has 0 aliphatic carbocycles. The molecule has 0 fully saturated rings. The largest absolute Gasteiger partial charge is 0.492 e. The molecule has 246 valence electrons. The third-order valence-corrected chi connectivity index (χ3v) is 6.62. The molecule has 0 saturated carbocycles. The molecule has 2 heterocycles. The number of aromatic nitrogens is 1. The molecule has 0 aromatic carbocycles. The summed E-state index contributed by atoms with van der Waals surface area (Å²) in [4.78, 5) is 26.9. The van der Waals surface area contributed by atoms with Crippen LogP contribution >= 0.6 is 0 Å². The molecule has 1 unspecified atom stereocenters. The number of unbranched alkanes of at least 4 members (excludes halogenated alkanes) is 1. The summed E-state index contributed by atoms with van der Waals surface area (Å²) in [5.41, 5.74) is 3.95. The van der Waals surface area contributed by atoms with Gasteiger partial charge in [-0.15, -0.1) is 6.42 Å². The maximum Gasteiger partial charge on any atom is 0.448 e. The number of rotatable bonds is 12. The van der Waals surface area contributed by atoms with E-state index < -0.39 is 17.7 Å². The molecule has 44 heavy (non-hydrogen) atoms. The first kappa shape index (κ1) is 40.1. The SMILES string of the molecule is C#Cc1c[nH]c(=O)c([C@@](F)(CCC)C(C)CC)c1.CNCCCC/C1=C(\N=C(N)C(F)(F)F)C/C=C\C=C/CO1.COC=O. The molecule has 2 rings (SSSR count). The monoisotopic (exact) mass is 626 g/mol. The molecular weight excluding hydrogens is 580 g/mol. The minimum atomic E-state index is -4.63. The lowest BCUT2D eigenvalue weighted by atomic mass is 9.79. The molecule has 0 radical (unpaired) electrons. The van der Waals surface area contributed by atoms with Crippen LogP contribution in [0.3, 0.4) is 0 Å². The van der Waals surface area contributed by atoms with Crippen molar-refractivity contribution in [1.82, 2.24) is 10.3 Å². The van der Waals surface area contributed by atoms with Gasteiger partial charge in [0.25, 0.3) is 12.0 Å². The molecular formula is C32H46F4N4O4. The van der Waals surface area contributed by atoms with Gasteiger partial charge in [0.15, 0.2) is 0 Å². The van der Waals surface area contributed by atoms with E-state index in [-0.39, 0.29) is 29.2 Å². The Hall–Kier alpha value is -3.85. The molecule has 0 bridgehead atoms. The summed E-state index contributed by atoms with van der Waals surface area (Å²) in [6.07, 6.45) is 13.4. The van der Waals surface area contributed by atoms with Crippen molar-refractivity contribution in [2.45, 2.75) is 77.6 Å². The summed E-state index contributed by atoms with van der Waals surface area (Å²) >= 11 is 0. The molecule has 4 N–H and O–H groups in total. The van der Waals surface area contributed by atoms with E-state index >= 15 is 4.39 Å². The smallest absolute Gasteiger partial charge is 0.448 e. The normalized spacial score (nSPS) is 18.5. The van der Waals surface area contributed by atoms with Crippen molar-refractivity contribution in [2.75, 3.05) is 27.3 Å². The zero-order valence-electron chi connectivity index (χ0n) is 26.2. The fraction of sp³-hybridized carbons (Fsp3) is 0.531. The Morgan fingerprint density at radius 1 is 1.27 bits per heavy atom. The second-order valence-corrected chi connectivity index (χ2v) is 9.83. The Bertz CT molecular complexity index is 1220. The fourth-order valence-corrected chi connectivity index (χ4v) is 4.07. The highest BCUT2D eigenvalue weighted by atomic mass is 19.4.